The van der Waals surface area contributed by atoms with Gasteiger partial charge in [0.2, 0.25) is 0 Å². The summed E-state index contributed by atoms with van der Waals surface area (Å²) in [5.41, 5.74) is 2.48. The molecule has 2 aromatic carbocycles. The Morgan fingerprint density at radius 3 is 2.71 bits per heavy atom. The summed E-state index contributed by atoms with van der Waals surface area (Å²) in [5, 5.41) is 23.5. The number of unbranched alkanes of at least 4 members (excludes halogenated alkanes) is 3. The largest absolute Gasteiger partial charge is 0.504 e. The van der Waals surface area contributed by atoms with E-state index < -0.39 is 11.0 Å². The van der Waals surface area contributed by atoms with E-state index >= 15 is 0 Å². The number of phenolic OH excluding ortho intramolecular Hbond substituents is 1. The molecular formula is C33H44N2O3. The van der Waals surface area contributed by atoms with Gasteiger partial charge in [-0.15, -0.1) is 6.58 Å². The highest BCUT2D eigenvalue weighted by atomic mass is 16.5. The molecule has 38 heavy (non-hydrogen) atoms. The summed E-state index contributed by atoms with van der Waals surface area (Å²) in [6, 6.07) is 15.0. The number of hydrogen-bond donors (Lipinski definition) is 2. The van der Waals surface area contributed by atoms with Gasteiger partial charge in [-0.3, -0.25) is 9.80 Å². The number of aromatic hydroxyl groups is 1. The van der Waals surface area contributed by atoms with Crippen LogP contribution in [-0.4, -0.2) is 70.0 Å². The molecule has 6 rings (SSSR count). The third kappa shape index (κ3) is 3.92. The lowest BCUT2D eigenvalue weighted by Gasteiger charge is -2.64. The predicted octanol–water partition coefficient (Wildman–Crippen LogP) is 5.23. The van der Waals surface area contributed by atoms with E-state index in [-0.39, 0.29) is 23.9 Å². The summed E-state index contributed by atoms with van der Waals surface area (Å²) in [6.07, 6.45) is 11.3. The van der Waals surface area contributed by atoms with E-state index in [4.69, 9.17) is 4.74 Å². The molecule has 0 aromatic heterocycles. The van der Waals surface area contributed by atoms with E-state index in [1.165, 1.54) is 36.8 Å². The summed E-state index contributed by atoms with van der Waals surface area (Å²) < 4.78 is 6.77. The number of piperidine rings is 1. The number of aliphatic hydroxyl groups is 1. The quantitative estimate of drug-likeness (QED) is 0.317. The van der Waals surface area contributed by atoms with Gasteiger partial charge in [0, 0.05) is 24.2 Å². The summed E-state index contributed by atoms with van der Waals surface area (Å²) in [6.45, 7) is 10.0. The van der Waals surface area contributed by atoms with Crippen molar-refractivity contribution in [2.45, 2.75) is 93.9 Å². The van der Waals surface area contributed by atoms with Crippen molar-refractivity contribution in [1.29, 1.82) is 0 Å². The molecule has 5 nitrogen and oxygen atoms in total. The van der Waals surface area contributed by atoms with E-state index in [9.17, 15) is 10.2 Å². The van der Waals surface area contributed by atoms with Crippen molar-refractivity contribution >= 4 is 0 Å². The van der Waals surface area contributed by atoms with Crippen LogP contribution in [0.3, 0.4) is 0 Å². The molecule has 1 saturated carbocycles. The van der Waals surface area contributed by atoms with Crippen molar-refractivity contribution in [3.8, 4) is 11.5 Å². The maximum Gasteiger partial charge on any atom is 0.165 e. The fourth-order valence-corrected chi connectivity index (χ4v) is 8.56. The van der Waals surface area contributed by atoms with Crippen LogP contribution in [0.5, 0.6) is 11.5 Å². The highest BCUT2D eigenvalue weighted by Crippen LogP contribution is 2.65. The summed E-state index contributed by atoms with van der Waals surface area (Å²) in [7, 11) is 0. The molecule has 2 aliphatic heterocycles. The van der Waals surface area contributed by atoms with Crippen LogP contribution in [0.25, 0.3) is 0 Å². The predicted molar refractivity (Wildman–Crippen MR) is 152 cm³/mol. The molecule has 0 amide bonds. The number of aryl methyl sites for hydroxylation is 1. The minimum absolute atomic E-state index is 0.0592. The minimum Gasteiger partial charge on any atom is -0.504 e. The smallest absolute Gasteiger partial charge is 0.165 e. The second-order valence-electron chi connectivity index (χ2n) is 12.0. The van der Waals surface area contributed by atoms with E-state index in [0.717, 1.165) is 63.8 Å². The van der Waals surface area contributed by atoms with Crippen LogP contribution in [0.4, 0.5) is 0 Å². The molecule has 2 heterocycles. The maximum absolute atomic E-state index is 12.6. The van der Waals surface area contributed by atoms with Gasteiger partial charge in [0.1, 0.15) is 6.10 Å². The van der Waals surface area contributed by atoms with E-state index in [2.05, 4.69) is 59.7 Å². The molecule has 0 unspecified atom stereocenters. The molecule has 5 atom stereocenters. The van der Waals surface area contributed by atoms with Crippen LogP contribution in [0.2, 0.25) is 0 Å². The first-order valence-electron chi connectivity index (χ1n) is 14.9. The zero-order valence-electron chi connectivity index (χ0n) is 22.9. The lowest BCUT2D eigenvalue weighted by atomic mass is 9.48. The Morgan fingerprint density at radius 2 is 1.92 bits per heavy atom. The van der Waals surface area contributed by atoms with Crippen LogP contribution in [0.1, 0.15) is 68.6 Å². The first-order chi connectivity index (χ1) is 18.5. The van der Waals surface area contributed by atoms with Crippen molar-refractivity contribution in [3.63, 3.8) is 0 Å². The van der Waals surface area contributed by atoms with E-state index in [0.29, 0.717) is 5.75 Å². The average Bonchev–Trinajstić information content (AvgIpc) is 3.28. The second-order valence-corrected chi connectivity index (χ2v) is 12.0. The Bertz CT molecular complexity index is 1150. The lowest BCUT2D eigenvalue weighted by Crippen LogP contribution is -2.78. The monoisotopic (exact) mass is 516 g/mol. The normalized spacial score (nSPS) is 31.2. The number of ether oxygens (including phenoxy) is 1. The molecule has 2 aromatic rings. The van der Waals surface area contributed by atoms with Crippen LogP contribution in [0, 0.1) is 0 Å². The van der Waals surface area contributed by atoms with Gasteiger partial charge in [-0.25, -0.2) is 0 Å². The third-order valence-corrected chi connectivity index (χ3v) is 10.3. The van der Waals surface area contributed by atoms with Crippen molar-refractivity contribution in [2.75, 3.05) is 26.2 Å². The zero-order valence-corrected chi connectivity index (χ0v) is 22.9. The van der Waals surface area contributed by atoms with Gasteiger partial charge in [-0.2, -0.15) is 0 Å². The topological polar surface area (TPSA) is 56.2 Å². The number of hydrogen-bond acceptors (Lipinski definition) is 5. The second kappa shape index (κ2) is 10.3. The maximum atomic E-state index is 12.6. The molecule has 1 saturated heterocycles. The number of nitrogens with zero attached hydrogens (tertiary/aromatic N) is 2. The van der Waals surface area contributed by atoms with Gasteiger partial charge in [0.05, 0.1) is 11.0 Å². The Morgan fingerprint density at radius 1 is 1.11 bits per heavy atom. The first kappa shape index (κ1) is 25.9. The van der Waals surface area contributed by atoms with Crippen LogP contribution < -0.4 is 4.74 Å². The summed E-state index contributed by atoms with van der Waals surface area (Å²) >= 11 is 0. The standard InChI is InChI=1S/C33H44N2O3/c1-3-20-35-22-19-32-29-25-15-16-27(36)30(29)38-31(32)26(17-18-33(32,37)28(35)23-25)34(4-2)21-11-6-5-8-12-24-13-9-7-10-14-24/h3,7,9-10,13-16,26,28,31,36-37H,1,4-6,8,11-12,17-23H2,2H3/t26-,28-,31+,32+,33-/m1/s1. The number of benzene rings is 2. The van der Waals surface area contributed by atoms with Crippen molar-refractivity contribution in [3.05, 3.63) is 71.8 Å². The van der Waals surface area contributed by atoms with Gasteiger partial charge >= 0.3 is 0 Å². The average molecular weight is 517 g/mol. The minimum atomic E-state index is -0.849. The number of likely N-dealkylation sites (N-methyl/N-ethyl adjacent to an activating group) is 1. The molecule has 2 bridgehead atoms. The number of likely N-dealkylation sites (tertiary alicyclic amines) is 1. The number of rotatable bonds is 11. The highest BCUT2D eigenvalue weighted by Gasteiger charge is 2.73. The number of phenols is 1. The lowest BCUT2D eigenvalue weighted by molar-refractivity contribution is -0.198. The van der Waals surface area contributed by atoms with Gasteiger partial charge < -0.3 is 14.9 Å². The van der Waals surface area contributed by atoms with Gasteiger partial charge in [0.25, 0.3) is 0 Å². The van der Waals surface area contributed by atoms with Gasteiger partial charge in [-0.05, 0) is 81.8 Å². The van der Waals surface area contributed by atoms with Crippen molar-refractivity contribution in [1.82, 2.24) is 9.80 Å². The zero-order chi connectivity index (χ0) is 26.3. The molecule has 0 radical (unpaired) electrons. The highest BCUT2D eigenvalue weighted by molar-refractivity contribution is 5.62. The van der Waals surface area contributed by atoms with Crippen LogP contribution in [-0.2, 0) is 18.3 Å². The van der Waals surface area contributed by atoms with E-state index in [1.807, 2.05) is 6.08 Å². The van der Waals surface area contributed by atoms with Gasteiger partial charge in [-0.1, -0.05) is 62.2 Å². The van der Waals surface area contributed by atoms with E-state index in [1.54, 1.807) is 6.07 Å². The molecule has 4 aliphatic rings. The molecule has 1 spiro atoms. The first-order valence-corrected chi connectivity index (χ1v) is 14.9. The Labute approximate surface area is 228 Å². The molecular weight excluding hydrogens is 472 g/mol. The summed E-state index contributed by atoms with van der Waals surface area (Å²) in [5.74, 6) is 0.868. The molecule has 2 fully saturated rings. The molecule has 2 N–H and O–H groups in total. The Balaban J connectivity index is 1.20. The Kier molecular flexibility index (Phi) is 7.04. The molecule has 2 aliphatic carbocycles. The van der Waals surface area contributed by atoms with Crippen LogP contribution in [0.15, 0.2) is 55.1 Å². The summed E-state index contributed by atoms with van der Waals surface area (Å²) in [4.78, 5) is 5.04. The third-order valence-electron chi connectivity index (χ3n) is 10.3. The fraction of sp³-hybridized carbons (Fsp3) is 0.576. The van der Waals surface area contributed by atoms with Crippen molar-refractivity contribution < 1.29 is 14.9 Å². The molecule has 204 valence electrons. The molecule has 5 heteroatoms. The van der Waals surface area contributed by atoms with Gasteiger partial charge in [0.15, 0.2) is 11.5 Å². The fourth-order valence-electron chi connectivity index (χ4n) is 8.56. The Hall–Kier alpha value is -2.34. The van der Waals surface area contributed by atoms with Crippen LogP contribution >= 0.6 is 0 Å². The SMILES string of the molecule is C=CCN1CC[C@]23c4c5ccc(O)c4O[C@H]2[C@H](N(CC)CCCCCCc2ccccc2)CC[C@@]3(O)[C@H]1C5. The van der Waals surface area contributed by atoms with Crippen molar-refractivity contribution in [2.24, 2.45) is 0 Å².